The van der Waals surface area contributed by atoms with Crippen molar-refractivity contribution in [2.45, 2.75) is 6.92 Å². The first-order chi connectivity index (χ1) is 16.9. The van der Waals surface area contributed by atoms with Gasteiger partial charge in [0.15, 0.2) is 0 Å². The van der Waals surface area contributed by atoms with Crippen molar-refractivity contribution in [3.05, 3.63) is 80.9 Å². The molecule has 0 radical (unpaired) electrons. The van der Waals surface area contributed by atoms with Crippen LogP contribution >= 0.6 is 11.6 Å². The van der Waals surface area contributed by atoms with Gasteiger partial charge < -0.3 is 19.9 Å². The molecule has 9 nitrogen and oxygen atoms in total. The third-order valence-corrected chi connectivity index (χ3v) is 6.37. The monoisotopic (exact) mass is 491 g/mol. The van der Waals surface area contributed by atoms with Crippen LogP contribution in [-0.4, -0.2) is 47.1 Å². The van der Waals surface area contributed by atoms with E-state index in [1.54, 1.807) is 24.3 Å². The van der Waals surface area contributed by atoms with Crippen LogP contribution in [0.3, 0.4) is 0 Å². The summed E-state index contributed by atoms with van der Waals surface area (Å²) < 4.78 is 5.32. The first-order valence-corrected chi connectivity index (χ1v) is 11.5. The molecule has 0 aliphatic carbocycles. The molecule has 5 rings (SSSR count). The Hall–Kier alpha value is -3.95. The topological polar surface area (TPSA) is 113 Å². The van der Waals surface area contributed by atoms with E-state index in [4.69, 9.17) is 16.3 Å². The lowest BCUT2D eigenvalue weighted by Gasteiger charge is -2.28. The minimum Gasteiger partial charge on any atom is -0.378 e. The van der Waals surface area contributed by atoms with Gasteiger partial charge >= 0.3 is 0 Å². The number of nitrogens with one attached hydrogen (secondary N) is 2. The SMILES string of the molecule is Cc1cc2[nH]c(-c3ccc(NC(=O)c4ccc(N5CCOCC5)c([N+](=O)[O-])c4)cc3)nc2cc1Cl. The molecule has 2 heterocycles. The van der Waals surface area contributed by atoms with Gasteiger partial charge in [0.1, 0.15) is 11.5 Å². The van der Waals surface area contributed by atoms with Gasteiger partial charge in [-0.1, -0.05) is 11.6 Å². The molecule has 0 unspecified atom stereocenters. The molecule has 1 fully saturated rings. The number of carbonyl (C=O) groups excluding carboxylic acids is 1. The maximum Gasteiger partial charge on any atom is 0.293 e. The number of ether oxygens (including phenoxy) is 1. The predicted octanol–water partition coefficient (Wildman–Crippen LogP) is 5.19. The summed E-state index contributed by atoms with van der Waals surface area (Å²) in [6.45, 7) is 4.09. The summed E-state index contributed by atoms with van der Waals surface area (Å²) in [5, 5.41) is 15.1. The highest BCUT2D eigenvalue weighted by Gasteiger charge is 2.23. The minimum atomic E-state index is -0.460. The summed E-state index contributed by atoms with van der Waals surface area (Å²) in [5.74, 6) is 0.261. The standard InChI is InChI=1S/C25H22ClN5O4/c1-15-12-20-21(14-19(15)26)29-24(28-20)16-2-5-18(6-3-16)27-25(32)17-4-7-22(23(13-17)31(33)34)30-8-10-35-11-9-30/h2-7,12-14H,8-11H2,1H3,(H,27,32)(H,28,29). The van der Waals surface area contributed by atoms with Gasteiger partial charge in [0.2, 0.25) is 0 Å². The molecule has 1 aliphatic rings. The van der Waals surface area contributed by atoms with Crippen molar-refractivity contribution in [1.29, 1.82) is 0 Å². The molecule has 2 N–H and O–H groups in total. The number of fused-ring (bicyclic) bond motifs is 1. The third kappa shape index (κ3) is 4.68. The molecule has 35 heavy (non-hydrogen) atoms. The van der Waals surface area contributed by atoms with Crippen molar-refractivity contribution in [3.8, 4) is 11.4 Å². The van der Waals surface area contributed by atoms with Gasteiger partial charge in [0.25, 0.3) is 11.6 Å². The smallest absolute Gasteiger partial charge is 0.293 e. The number of nitrogens with zero attached hydrogens (tertiary/aromatic N) is 3. The van der Waals surface area contributed by atoms with Crippen LogP contribution < -0.4 is 10.2 Å². The Bertz CT molecular complexity index is 1390. The van der Waals surface area contributed by atoms with Crippen molar-refractivity contribution < 1.29 is 14.5 Å². The van der Waals surface area contributed by atoms with E-state index in [9.17, 15) is 14.9 Å². The number of aromatic amines is 1. The first kappa shape index (κ1) is 22.8. The minimum absolute atomic E-state index is 0.102. The van der Waals surface area contributed by atoms with Crippen molar-refractivity contribution in [2.24, 2.45) is 0 Å². The molecule has 178 valence electrons. The number of nitro groups is 1. The molecule has 1 aromatic heterocycles. The molecule has 3 aromatic carbocycles. The van der Waals surface area contributed by atoms with E-state index in [0.717, 1.165) is 22.2 Å². The quantitative estimate of drug-likeness (QED) is 0.293. The normalized spacial score (nSPS) is 13.7. The number of rotatable bonds is 5. The fourth-order valence-electron chi connectivity index (χ4n) is 4.07. The second-order valence-corrected chi connectivity index (χ2v) is 8.70. The Morgan fingerprint density at radius 1 is 1.14 bits per heavy atom. The molecule has 10 heteroatoms. The highest BCUT2D eigenvalue weighted by molar-refractivity contribution is 6.32. The number of imidazole rings is 1. The van der Waals surface area contributed by atoms with Crippen LogP contribution in [0.2, 0.25) is 5.02 Å². The lowest BCUT2D eigenvalue weighted by Crippen LogP contribution is -2.36. The number of aryl methyl sites for hydroxylation is 1. The van der Waals surface area contributed by atoms with E-state index >= 15 is 0 Å². The molecular weight excluding hydrogens is 470 g/mol. The number of benzene rings is 3. The lowest BCUT2D eigenvalue weighted by molar-refractivity contribution is -0.384. The van der Waals surface area contributed by atoms with Crippen molar-refractivity contribution in [2.75, 3.05) is 36.5 Å². The predicted molar refractivity (Wildman–Crippen MR) is 135 cm³/mol. The van der Waals surface area contributed by atoms with Gasteiger partial charge in [-0.15, -0.1) is 0 Å². The maximum absolute atomic E-state index is 12.8. The second kappa shape index (κ2) is 9.36. The average molecular weight is 492 g/mol. The Morgan fingerprint density at radius 2 is 1.89 bits per heavy atom. The van der Waals surface area contributed by atoms with Crippen molar-refractivity contribution in [1.82, 2.24) is 9.97 Å². The van der Waals surface area contributed by atoms with Crippen LogP contribution in [0.5, 0.6) is 0 Å². The van der Waals surface area contributed by atoms with E-state index in [1.165, 1.54) is 6.07 Å². The number of nitro benzene ring substituents is 1. The molecular formula is C25H22ClN5O4. The van der Waals surface area contributed by atoms with E-state index in [1.807, 2.05) is 36.1 Å². The van der Waals surface area contributed by atoms with Gasteiger partial charge in [-0.25, -0.2) is 4.98 Å². The molecule has 0 atom stereocenters. The van der Waals surface area contributed by atoms with Crippen LogP contribution in [0.15, 0.2) is 54.6 Å². The molecule has 1 amide bonds. The number of hydrogen-bond acceptors (Lipinski definition) is 6. The summed E-state index contributed by atoms with van der Waals surface area (Å²) in [6, 6.07) is 15.5. The van der Waals surface area contributed by atoms with Crippen molar-refractivity contribution >= 4 is 45.6 Å². The molecule has 1 aliphatic heterocycles. The van der Waals surface area contributed by atoms with Crippen LogP contribution in [0, 0.1) is 17.0 Å². The summed E-state index contributed by atoms with van der Waals surface area (Å²) in [6.07, 6.45) is 0. The molecule has 4 aromatic rings. The summed E-state index contributed by atoms with van der Waals surface area (Å²) >= 11 is 6.20. The number of halogens is 1. The Kier molecular flexibility index (Phi) is 6.10. The summed E-state index contributed by atoms with van der Waals surface area (Å²) in [7, 11) is 0. The molecule has 1 saturated heterocycles. The van der Waals surface area contributed by atoms with Crippen LogP contribution in [-0.2, 0) is 4.74 Å². The molecule has 0 saturated carbocycles. The number of carbonyl (C=O) groups is 1. The lowest BCUT2D eigenvalue weighted by atomic mass is 10.1. The maximum atomic E-state index is 12.8. The van der Waals surface area contributed by atoms with Gasteiger partial charge in [-0.2, -0.15) is 0 Å². The number of morpholine rings is 1. The summed E-state index contributed by atoms with van der Waals surface area (Å²) in [5.41, 5.74) is 4.63. The molecule has 0 spiro atoms. The van der Waals surface area contributed by atoms with Gasteiger partial charge in [-0.3, -0.25) is 14.9 Å². The molecule has 0 bridgehead atoms. The number of amides is 1. The number of H-pyrrole nitrogens is 1. The van der Waals surface area contributed by atoms with Crippen LogP contribution in [0.25, 0.3) is 22.4 Å². The van der Waals surface area contributed by atoms with E-state index in [2.05, 4.69) is 15.3 Å². The van der Waals surface area contributed by atoms with E-state index < -0.39 is 10.8 Å². The first-order valence-electron chi connectivity index (χ1n) is 11.1. The zero-order valence-electron chi connectivity index (χ0n) is 18.9. The fourth-order valence-corrected chi connectivity index (χ4v) is 4.23. The van der Waals surface area contributed by atoms with Gasteiger partial charge in [0.05, 0.1) is 29.2 Å². The highest BCUT2D eigenvalue weighted by Crippen LogP contribution is 2.31. The van der Waals surface area contributed by atoms with Crippen LogP contribution in [0.4, 0.5) is 17.1 Å². The van der Waals surface area contributed by atoms with E-state index in [-0.39, 0.29) is 11.3 Å². The number of aromatic nitrogens is 2. The second-order valence-electron chi connectivity index (χ2n) is 8.30. The van der Waals surface area contributed by atoms with Gasteiger partial charge in [-0.05, 0) is 61.0 Å². The van der Waals surface area contributed by atoms with E-state index in [0.29, 0.717) is 48.5 Å². The zero-order valence-corrected chi connectivity index (χ0v) is 19.6. The Balaban J connectivity index is 1.33. The Morgan fingerprint density at radius 3 is 2.60 bits per heavy atom. The summed E-state index contributed by atoms with van der Waals surface area (Å²) in [4.78, 5) is 33.8. The number of anilines is 2. The highest BCUT2D eigenvalue weighted by atomic mass is 35.5. The van der Waals surface area contributed by atoms with Crippen LogP contribution in [0.1, 0.15) is 15.9 Å². The van der Waals surface area contributed by atoms with Gasteiger partial charge in [0, 0.05) is 41.0 Å². The van der Waals surface area contributed by atoms with Crippen molar-refractivity contribution in [3.63, 3.8) is 0 Å². The third-order valence-electron chi connectivity index (χ3n) is 5.96. The fraction of sp³-hybridized carbons (Fsp3) is 0.200. The number of hydrogen-bond donors (Lipinski definition) is 2. The largest absolute Gasteiger partial charge is 0.378 e. The zero-order chi connectivity index (χ0) is 24.5. The average Bonchev–Trinajstić information content (AvgIpc) is 3.27. The Labute approximate surface area is 205 Å².